The Bertz CT molecular complexity index is 455. The number of rotatable bonds is 6. The largest absolute Gasteiger partial charge is 0.382 e. The SMILES string of the molecule is COCCO[C@@H](C)C(=O)N1CCCN(c2ccccn2)CC1. The summed E-state index contributed by atoms with van der Waals surface area (Å²) in [5, 5.41) is 0. The average Bonchev–Trinajstić information content (AvgIpc) is 2.81. The fraction of sp³-hybridized carbons (Fsp3) is 0.625. The average molecular weight is 307 g/mol. The van der Waals surface area contributed by atoms with Gasteiger partial charge in [-0.15, -0.1) is 0 Å². The molecule has 1 atom stereocenters. The minimum absolute atomic E-state index is 0.0546. The van der Waals surface area contributed by atoms with E-state index in [-0.39, 0.29) is 5.91 Å². The number of hydrogen-bond donors (Lipinski definition) is 0. The monoisotopic (exact) mass is 307 g/mol. The van der Waals surface area contributed by atoms with Crippen molar-refractivity contribution in [3.8, 4) is 0 Å². The van der Waals surface area contributed by atoms with E-state index < -0.39 is 6.10 Å². The molecule has 0 saturated carbocycles. The third-order valence-corrected chi connectivity index (χ3v) is 3.78. The Morgan fingerprint density at radius 2 is 2.14 bits per heavy atom. The second kappa shape index (κ2) is 8.70. The first-order valence-corrected chi connectivity index (χ1v) is 7.77. The molecule has 0 aliphatic carbocycles. The zero-order chi connectivity index (χ0) is 15.8. The van der Waals surface area contributed by atoms with Crippen molar-refractivity contribution in [2.45, 2.75) is 19.4 Å². The summed E-state index contributed by atoms with van der Waals surface area (Å²) in [6.07, 6.45) is 2.32. The van der Waals surface area contributed by atoms with Crippen LogP contribution in [0.5, 0.6) is 0 Å². The van der Waals surface area contributed by atoms with E-state index in [4.69, 9.17) is 9.47 Å². The van der Waals surface area contributed by atoms with E-state index in [9.17, 15) is 4.79 Å². The number of amides is 1. The van der Waals surface area contributed by atoms with Gasteiger partial charge in [-0.25, -0.2) is 4.98 Å². The lowest BCUT2D eigenvalue weighted by molar-refractivity contribution is -0.143. The topological polar surface area (TPSA) is 54.9 Å². The van der Waals surface area contributed by atoms with E-state index in [1.807, 2.05) is 23.1 Å². The summed E-state index contributed by atoms with van der Waals surface area (Å²) < 4.78 is 10.4. The van der Waals surface area contributed by atoms with Gasteiger partial charge in [0, 0.05) is 39.5 Å². The molecule has 1 saturated heterocycles. The molecule has 1 amide bonds. The maximum Gasteiger partial charge on any atom is 0.251 e. The highest BCUT2D eigenvalue weighted by atomic mass is 16.5. The van der Waals surface area contributed by atoms with Gasteiger partial charge in [-0.1, -0.05) is 6.07 Å². The number of ether oxygens (including phenoxy) is 2. The van der Waals surface area contributed by atoms with Gasteiger partial charge >= 0.3 is 0 Å². The Morgan fingerprint density at radius 1 is 1.27 bits per heavy atom. The maximum atomic E-state index is 12.4. The minimum Gasteiger partial charge on any atom is -0.382 e. The summed E-state index contributed by atoms with van der Waals surface area (Å²) in [6.45, 7) is 5.93. The first-order valence-electron chi connectivity index (χ1n) is 7.77. The zero-order valence-electron chi connectivity index (χ0n) is 13.4. The molecule has 6 nitrogen and oxygen atoms in total. The molecule has 6 heteroatoms. The van der Waals surface area contributed by atoms with Crippen molar-refractivity contribution >= 4 is 11.7 Å². The number of nitrogens with zero attached hydrogens (tertiary/aromatic N) is 3. The van der Waals surface area contributed by atoms with Crippen molar-refractivity contribution in [3.05, 3.63) is 24.4 Å². The van der Waals surface area contributed by atoms with Crippen molar-refractivity contribution in [2.75, 3.05) is 51.4 Å². The molecule has 1 aromatic rings. The van der Waals surface area contributed by atoms with Crippen LogP contribution in [-0.2, 0) is 14.3 Å². The van der Waals surface area contributed by atoms with Crippen LogP contribution >= 0.6 is 0 Å². The third-order valence-electron chi connectivity index (χ3n) is 3.78. The molecule has 1 aromatic heterocycles. The summed E-state index contributed by atoms with van der Waals surface area (Å²) >= 11 is 0. The Labute approximate surface area is 132 Å². The van der Waals surface area contributed by atoms with E-state index in [0.29, 0.717) is 19.8 Å². The van der Waals surface area contributed by atoms with Gasteiger partial charge in [0.05, 0.1) is 13.2 Å². The smallest absolute Gasteiger partial charge is 0.251 e. The number of pyridine rings is 1. The highest BCUT2D eigenvalue weighted by Crippen LogP contribution is 2.13. The lowest BCUT2D eigenvalue weighted by Gasteiger charge is -2.25. The van der Waals surface area contributed by atoms with Gasteiger partial charge in [0.25, 0.3) is 5.91 Å². The molecule has 0 radical (unpaired) electrons. The molecule has 122 valence electrons. The van der Waals surface area contributed by atoms with E-state index in [2.05, 4.69) is 9.88 Å². The van der Waals surface area contributed by atoms with Crippen molar-refractivity contribution in [1.29, 1.82) is 0 Å². The Hall–Kier alpha value is -1.66. The molecule has 22 heavy (non-hydrogen) atoms. The number of aromatic nitrogens is 1. The van der Waals surface area contributed by atoms with Crippen LogP contribution in [-0.4, -0.2) is 68.4 Å². The molecular weight excluding hydrogens is 282 g/mol. The summed E-state index contributed by atoms with van der Waals surface area (Å²) in [5.74, 6) is 1.03. The van der Waals surface area contributed by atoms with Crippen molar-refractivity contribution in [2.24, 2.45) is 0 Å². The van der Waals surface area contributed by atoms with Crippen LogP contribution in [0.3, 0.4) is 0 Å². The van der Waals surface area contributed by atoms with Crippen LogP contribution in [0.25, 0.3) is 0 Å². The predicted molar refractivity (Wildman–Crippen MR) is 84.9 cm³/mol. The molecule has 2 heterocycles. The van der Waals surface area contributed by atoms with Gasteiger partial charge in [0.15, 0.2) is 0 Å². The van der Waals surface area contributed by atoms with Gasteiger partial charge < -0.3 is 19.3 Å². The van der Waals surface area contributed by atoms with E-state index in [1.54, 1.807) is 20.2 Å². The van der Waals surface area contributed by atoms with Gasteiger partial charge in [-0.3, -0.25) is 4.79 Å². The van der Waals surface area contributed by atoms with Crippen LogP contribution in [0.2, 0.25) is 0 Å². The van der Waals surface area contributed by atoms with E-state index >= 15 is 0 Å². The molecule has 0 N–H and O–H groups in total. The first-order chi connectivity index (χ1) is 10.7. The quantitative estimate of drug-likeness (QED) is 0.739. The normalized spacial score (nSPS) is 17.2. The van der Waals surface area contributed by atoms with Crippen LogP contribution in [0.1, 0.15) is 13.3 Å². The number of methoxy groups -OCH3 is 1. The van der Waals surface area contributed by atoms with Crippen LogP contribution < -0.4 is 4.90 Å². The first kappa shape index (κ1) is 16.7. The highest BCUT2D eigenvalue weighted by Gasteiger charge is 2.24. The molecule has 1 aliphatic rings. The summed E-state index contributed by atoms with van der Waals surface area (Å²) in [7, 11) is 1.62. The highest BCUT2D eigenvalue weighted by molar-refractivity contribution is 5.80. The van der Waals surface area contributed by atoms with Crippen LogP contribution in [0.15, 0.2) is 24.4 Å². The van der Waals surface area contributed by atoms with Gasteiger partial charge in [0.1, 0.15) is 11.9 Å². The molecule has 0 unspecified atom stereocenters. The number of anilines is 1. The summed E-state index contributed by atoms with van der Waals surface area (Å²) in [6, 6.07) is 5.91. The maximum absolute atomic E-state index is 12.4. The van der Waals surface area contributed by atoms with Crippen molar-refractivity contribution in [1.82, 2.24) is 9.88 Å². The van der Waals surface area contributed by atoms with Crippen LogP contribution in [0, 0.1) is 0 Å². The third kappa shape index (κ3) is 4.68. The van der Waals surface area contributed by atoms with E-state index in [0.717, 1.165) is 31.9 Å². The van der Waals surface area contributed by atoms with Gasteiger partial charge in [-0.05, 0) is 25.5 Å². The van der Waals surface area contributed by atoms with Crippen molar-refractivity contribution in [3.63, 3.8) is 0 Å². The molecule has 0 spiro atoms. The van der Waals surface area contributed by atoms with Crippen LogP contribution in [0.4, 0.5) is 5.82 Å². The molecule has 2 rings (SSSR count). The second-order valence-corrected chi connectivity index (χ2v) is 5.36. The standard InChI is InChI=1S/C16H25N3O3/c1-14(22-13-12-21-2)16(20)19-9-5-8-18(10-11-19)15-6-3-4-7-17-15/h3-4,6-7,14H,5,8-13H2,1-2H3/t14-/m0/s1. The minimum atomic E-state index is -0.420. The fourth-order valence-electron chi connectivity index (χ4n) is 2.54. The van der Waals surface area contributed by atoms with Gasteiger partial charge in [-0.2, -0.15) is 0 Å². The predicted octanol–water partition coefficient (Wildman–Crippen LogP) is 1.17. The zero-order valence-corrected chi connectivity index (χ0v) is 13.4. The summed E-state index contributed by atoms with van der Waals surface area (Å²) in [5.41, 5.74) is 0. The number of carbonyl (C=O) groups is 1. The second-order valence-electron chi connectivity index (χ2n) is 5.36. The molecular formula is C16H25N3O3. The Morgan fingerprint density at radius 3 is 2.86 bits per heavy atom. The molecule has 0 aromatic carbocycles. The Kier molecular flexibility index (Phi) is 6.61. The van der Waals surface area contributed by atoms with Gasteiger partial charge in [0.2, 0.25) is 0 Å². The number of carbonyl (C=O) groups excluding carboxylic acids is 1. The molecule has 1 fully saturated rings. The fourth-order valence-corrected chi connectivity index (χ4v) is 2.54. The lowest BCUT2D eigenvalue weighted by Crippen LogP contribution is -2.41. The van der Waals surface area contributed by atoms with Crippen molar-refractivity contribution < 1.29 is 14.3 Å². The molecule has 0 bridgehead atoms. The molecule has 1 aliphatic heterocycles. The van der Waals surface area contributed by atoms with E-state index in [1.165, 1.54) is 0 Å². The summed E-state index contributed by atoms with van der Waals surface area (Å²) in [4.78, 5) is 20.9. The number of hydrogen-bond acceptors (Lipinski definition) is 5. The lowest BCUT2D eigenvalue weighted by atomic mass is 10.3. The Balaban J connectivity index is 1.85.